The second-order valence-electron chi connectivity index (χ2n) is 2.62. The zero-order valence-corrected chi connectivity index (χ0v) is 6.38. The van der Waals surface area contributed by atoms with Crippen LogP contribution in [-0.4, -0.2) is 9.55 Å². The minimum atomic E-state index is 0.531. The molecule has 1 aromatic rings. The van der Waals surface area contributed by atoms with E-state index in [9.17, 15) is 0 Å². The van der Waals surface area contributed by atoms with Gasteiger partial charge in [0.2, 0.25) is 0 Å². The van der Waals surface area contributed by atoms with E-state index < -0.39 is 0 Å². The Morgan fingerprint density at radius 2 is 2.50 bits per heavy atom. The molecular weight excluding hydrogens is 148 g/mol. The number of aromatic nitrogens is 2. The third-order valence-corrected chi connectivity index (χ3v) is 2.05. The van der Waals surface area contributed by atoms with E-state index in [1.165, 1.54) is 12.8 Å². The number of hydrogen-bond acceptors (Lipinski definition) is 1. The summed E-state index contributed by atoms with van der Waals surface area (Å²) >= 11 is 5.66. The predicted molar refractivity (Wildman–Crippen MR) is 40.1 cm³/mol. The maximum atomic E-state index is 5.66. The van der Waals surface area contributed by atoms with Crippen molar-refractivity contribution in [2.45, 2.75) is 24.8 Å². The zero-order valence-electron chi connectivity index (χ0n) is 5.63. The van der Waals surface area contributed by atoms with Crippen LogP contribution in [0.2, 0.25) is 0 Å². The van der Waals surface area contributed by atoms with Crippen molar-refractivity contribution in [1.82, 2.24) is 9.55 Å². The number of nitrogens with zero attached hydrogens (tertiary/aromatic N) is 2. The van der Waals surface area contributed by atoms with Gasteiger partial charge in [0.1, 0.15) is 5.82 Å². The van der Waals surface area contributed by atoms with Gasteiger partial charge in [-0.3, -0.25) is 0 Å². The molecule has 0 spiro atoms. The second-order valence-corrected chi connectivity index (χ2v) is 2.88. The van der Waals surface area contributed by atoms with Crippen molar-refractivity contribution < 1.29 is 0 Å². The highest BCUT2D eigenvalue weighted by Gasteiger charge is 2.24. The lowest BCUT2D eigenvalue weighted by Gasteiger charge is -2.00. The van der Waals surface area contributed by atoms with Gasteiger partial charge in [0.25, 0.3) is 0 Å². The van der Waals surface area contributed by atoms with Crippen LogP contribution >= 0.6 is 11.6 Å². The lowest BCUT2D eigenvalue weighted by Crippen LogP contribution is -1.97. The normalized spacial score (nSPS) is 17.7. The summed E-state index contributed by atoms with van der Waals surface area (Å²) in [5.74, 6) is 1.54. The van der Waals surface area contributed by atoms with E-state index in [-0.39, 0.29) is 0 Å². The number of imidazole rings is 1. The molecule has 1 aliphatic rings. The Labute approximate surface area is 64.8 Å². The van der Waals surface area contributed by atoms with Crippen LogP contribution in [0.15, 0.2) is 12.4 Å². The fraction of sp³-hybridized carbons (Fsp3) is 0.571. The lowest BCUT2D eigenvalue weighted by molar-refractivity contribution is 0.705. The molecule has 0 bridgehead atoms. The third-order valence-electron chi connectivity index (χ3n) is 1.81. The van der Waals surface area contributed by atoms with Crippen LogP contribution in [-0.2, 0) is 5.88 Å². The molecule has 0 amide bonds. The van der Waals surface area contributed by atoms with E-state index in [0.717, 1.165) is 5.82 Å². The smallest absolute Gasteiger partial charge is 0.123 e. The molecule has 3 heteroatoms. The molecule has 0 aromatic carbocycles. The van der Waals surface area contributed by atoms with Crippen LogP contribution in [0, 0.1) is 0 Å². The van der Waals surface area contributed by atoms with Crippen molar-refractivity contribution in [3.8, 4) is 0 Å². The summed E-state index contributed by atoms with van der Waals surface area (Å²) in [5, 5.41) is 0. The van der Waals surface area contributed by atoms with Gasteiger partial charge in [0, 0.05) is 18.4 Å². The second kappa shape index (κ2) is 2.27. The Kier molecular flexibility index (Phi) is 1.42. The van der Waals surface area contributed by atoms with E-state index in [1.54, 1.807) is 0 Å². The highest BCUT2D eigenvalue weighted by Crippen LogP contribution is 2.35. The molecule has 0 N–H and O–H groups in total. The molecule has 2 rings (SSSR count). The molecule has 1 aliphatic carbocycles. The first-order valence-corrected chi connectivity index (χ1v) is 4.03. The van der Waals surface area contributed by atoms with Crippen LogP contribution in [0.5, 0.6) is 0 Å². The average molecular weight is 157 g/mol. The van der Waals surface area contributed by atoms with Gasteiger partial charge in [0.15, 0.2) is 0 Å². The first-order valence-electron chi connectivity index (χ1n) is 3.49. The first kappa shape index (κ1) is 6.23. The highest BCUT2D eigenvalue weighted by atomic mass is 35.5. The summed E-state index contributed by atoms with van der Waals surface area (Å²) < 4.78 is 2.17. The maximum absolute atomic E-state index is 5.66. The fourth-order valence-corrected chi connectivity index (χ4v) is 1.34. The van der Waals surface area contributed by atoms with Crippen LogP contribution in [0.4, 0.5) is 0 Å². The van der Waals surface area contributed by atoms with Crippen molar-refractivity contribution in [3.05, 3.63) is 18.2 Å². The van der Waals surface area contributed by atoms with Gasteiger partial charge in [-0.1, -0.05) is 0 Å². The number of rotatable bonds is 2. The fourth-order valence-electron chi connectivity index (χ4n) is 1.13. The Morgan fingerprint density at radius 1 is 1.70 bits per heavy atom. The molecule has 54 valence electrons. The minimum Gasteiger partial charge on any atom is -0.331 e. The summed E-state index contributed by atoms with van der Waals surface area (Å²) in [7, 11) is 0. The molecule has 10 heavy (non-hydrogen) atoms. The summed E-state index contributed by atoms with van der Waals surface area (Å²) in [6.45, 7) is 0. The maximum Gasteiger partial charge on any atom is 0.123 e. The first-order chi connectivity index (χ1) is 4.92. The van der Waals surface area contributed by atoms with Gasteiger partial charge < -0.3 is 4.57 Å². The molecule has 0 unspecified atom stereocenters. The Hall–Kier alpha value is -0.500. The van der Waals surface area contributed by atoms with Gasteiger partial charge in [-0.2, -0.15) is 0 Å². The quantitative estimate of drug-likeness (QED) is 0.599. The summed E-state index contributed by atoms with van der Waals surface area (Å²) in [4.78, 5) is 4.13. The number of hydrogen-bond donors (Lipinski definition) is 0. The Morgan fingerprint density at radius 3 is 3.10 bits per heavy atom. The molecule has 1 aromatic heterocycles. The van der Waals surface area contributed by atoms with E-state index in [1.807, 2.05) is 12.4 Å². The lowest BCUT2D eigenvalue weighted by atomic mass is 10.6. The number of alkyl halides is 1. The van der Waals surface area contributed by atoms with Crippen LogP contribution < -0.4 is 0 Å². The third kappa shape index (κ3) is 0.926. The van der Waals surface area contributed by atoms with Crippen LogP contribution in [0.3, 0.4) is 0 Å². The van der Waals surface area contributed by atoms with E-state index in [4.69, 9.17) is 11.6 Å². The molecule has 1 heterocycles. The molecule has 0 radical (unpaired) electrons. The van der Waals surface area contributed by atoms with Crippen LogP contribution in [0.1, 0.15) is 24.7 Å². The zero-order chi connectivity index (χ0) is 6.97. The molecule has 0 atom stereocenters. The highest BCUT2D eigenvalue weighted by molar-refractivity contribution is 6.16. The largest absolute Gasteiger partial charge is 0.331 e. The summed E-state index contributed by atoms with van der Waals surface area (Å²) in [6, 6.07) is 0.705. The topological polar surface area (TPSA) is 17.8 Å². The van der Waals surface area contributed by atoms with Gasteiger partial charge in [0.05, 0.1) is 5.88 Å². The van der Waals surface area contributed by atoms with Crippen molar-refractivity contribution in [1.29, 1.82) is 0 Å². The van der Waals surface area contributed by atoms with Gasteiger partial charge in [-0.05, 0) is 12.8 Å². The molecule has 0 saturated heterocycles. The van der Waals surface area contributed by atoms with Gasteiger partial charge in [-0.15, -0.1) is 11.6 Å². The van der Waals surface area contributed by atoms with Gasteiger partial charge >= 0.3 is 0 Å². The van der Waals surface area contributed by atoms with Crippen LogP contribution in [0.25, 0.3) is 0 Å². The molecule has 1 saturated carbocycles. The Bertz CT molecular complexity index is 227. The molecule has 0 aliphatic heterocycles. The number of halogens is 1. The monoisotopic (exact) mass is 156 g/mol. The molecule has 1 fully saturated rings. The van der Waals surface area contributed by atoms with Crippen molar-refractivity contribution in [2.24, 2.45) is 0 Å². The average Bonchev–Trinajstić information content (AvgIpc) is 2.69. The minimum absolute atomic E-state index is 0.531. The molecular formula is C7H9ClN2. The summed E-state index contributed by atoms with van der Waals surface area (Å²) in [5.41, 5.74) is 0. The van der Waals surface area contributed by atoms with E-state index in [2.05, 4.69) is 9.55 Å². The summed E-state index contributed by atoms with van der Waals surface area (Å²) in [6.07, 6.45) is 6.41. The predicted octanol–water partition coefficient (Wildman–Crippen LogP) is 1.96. The van der Waals surface area contributed by atoms with Crippen molar-refractivity contribution in [3.63, 3.8) is 0 Å². The Balaban J connectivity index is 2.28. The van der Waals surface area contributed by atoms with Crippen molar-refractivity contribution in [2.75, 3.05) is 0 Å². The van der Waals surface area contributed by atoms with E-state index in [0.29, 0.717) is 11.9 Å². The SMILES string of the molecule is ClCc1nccn1C1CC1. The standard InChI is InChI=1S/C7H9ClN2/c8-5-7-9-3-4-10(7)6-1-2-6/h3-4,6H,1-2,5H2. The molecule has 2 nitrogen and oxygen atoms in total. The van der Waals surface area contributed by atoms with Crippen molar-refractivity contribution >= 4 is 11.6 Å². The van der Waals surface area contributed by atoms with Gasteiger partial charge in [-0.25, -0.2) is 4.98 Å². The van der Waals surface area contributed by atoms with E-state index >= 15 is 0 Å².